The monoisotopic (exact) mass is 406 g/mol. The molecule has 154 valence electrons. The molecule has 0 aliphatic heterocycles. The van der Waals surface area contributed by atoms with E-state index in [4.69, 9.17) is 4.74 Å². The molecule has 8 nitrogen and oxygen atoms in total. The molecular weight excluding hydrogens is 384 g/mol. The van der Waals surface area contributed by atoms with E-state index in [-0.39, 0.29) is 19.0 Å². The van der Waals surface area contributed by atoms with Crippen molar-refractivity contribution in [1.82, 2.24) is 18.7 Å². The number of aromatic nitrogens is 4. The second kappa shape index (κ2) is 7.98. The van der Waals surface area contributed by atoms with Gasteiger partial charge in [0.05, 0.1) is 6.33 Å². The molecule has 4 rings (SSSR count). The lowest BCUT2D eigenvalue weighted by Gasteiger charge is -2.09. The minimum atomic E-state index is -0.422. The van der Waals surface area contributed by atoms with Crippen LogP contribution >= 0.6 is 0 Å². The lowest BCUT2D eigenvalue weighted by atomic mass is 10.1. The second-order valence-electron chi connectivity index (χ2n) is 7.22. The molecule has 4 aromatic rings. The van der Waals surface area contributed by atoms with Gasteiger partial charge in [-0.3, -0.25) is 18.7 Å². The molecule has 0 fully saturated rings. The highest BCUT2D eigenvalue weighted by Crippen LogP contribution is 2.19. The Morgan fingerprint density at radius 3 is 2.63 bits per heavy atom. The van der Waals surface area contributed by atoms with E-state index in [1.54, 1.807) is 11.6 Å². The number of rotatable bonds is 6. The van der Waals surface area contributed by atoms with E-state index in [0.717, 1.165) is 20.9 Å². The summed E-state index contributed by atoms with van der Waals surface area (Å²) in [6.07, 6.45) is 2.23. The molecule has 0 aliphatic carbocycles. The number of benzene rings is 2. The first-order valence-corrected chi connectivity index (χ1v) is 9.70. The van der Waals surface area contributed by atoms with Gasteiger partial charge in [-0.05, 0) is 22.8 Å². The van der Waals surface area contributed by atoms with Crippen molar-refractivity contribution in [1.29, 1.82) is 0 Å². The van der Waals surface area contributed by atoms with Gasteiger partial charge in [-0.15, -0.1) is 0 Å². The summed E-state index contributed by atoms with van der Waals surface area (Å²) in [5.41, 5.74) is 0.829. The summed E-state index contributed by atoms with van der Waals surface area (Å²) in [6, 6.07) is 13.9. The van der Waals surface area contributed by atoms with Gasteiger partial charge in [0.2, 0.25) is 0 Å². The topological polar surface area (TPSA) is 88.1 Å². The lowest BCUT2D eigenvalue weighted by molar-refractivity contribution is -0.145. The predicted octanol–water partition coefficient (Wildman–Crippen LogP) is 2.11. The van der Waals surface area contributed by atoms with Gasteiger partial charge in [0.15, 0.2) is 11.2 Å². The van der Waals surface area contributed by atoms with Crippen molar-refractivity contribution in [3.8, 4) is 0 Å². The zero-order valence-corrected chi connectivity index (χ0v) is 16.9. The number of esters is 1. The fraction of sp³-hybridized carbons (Fsp3) is 0.273. The predicted molar refractivity (Wildman–Crippen MR) is 113 cm³/mol. The summed E-state index contributed by atoms with van der Waals surface area (Å²) in [7, 11) is 3.01. The van der Waals surface area contributed by atoms with Crippen molar-refractivity contribution >= 4 is 27.9 Å². The molecule has 0 saturated carbocycles. The van der Waals surface area contributed by atoms with Crippen LogP contribution in [0.25, 0.3) is 21.9 Å². The van der Waals surface area contributed by atoms with Crippen LogP contribution < -0.4 is 11.2 Å². The van der Waals surface area contributed by atoms with Crippen LogP contribution in [0.1, 0.15) is 18.4 Å². The quantitative estimate of drug-likeness (QED) is 0.458. The smallest absolute Gasteiger partial charge is 0.332 e. The van der Waals surface area contributed by atoms with Crippen LogP contribution in [-0.4, -0.2) is 24.7 Å². The minimum Gasteiger partial charge on any atom is -0.461 e. The molecule has 0 amide bonds. The number of nitrogens with zero attached hydrogens (tertiary/aromatic N) is 4. The van der Waals surface area contributed by atoms with Crippen LogP contribution in [0.5, 0.6) is 0 Å². The average molecular weight is 406 g/mol. The number of aryl methyl sites for hydroxylation is 2. The zero-order valence-electron chi connectivity index (χ0n) is 16.9. The Labute approximate surface area is 172 Å². The second-order valence-corrected chi connectivity index (χ2v) is 7.22. The highest BCUT2D eigenvalue weighted by molar-refractivity contribution is 5.85. The van der Waals surface area contributed by atoms with Gasteiger partial charge in [0, 0.05) is 27.1 Å². The Balaban J connectivity index is 1.40. The normalized spacial score (nSPS) is 11.3. The van der Waals surface area contributed by atoms with Gasteiger partial charge in [-0.25, -0.2) is 9.78 Å². The summed E-state index contributed by atoms with van der Waals surface area (Å²) in [5, 5.41) is 2.17. The fourth-order valence-electron chi connectivity index (χ4n) is 3.61. The van der Waals surface area contributed by atoms with Crippen LogP contribution in [-0.2, 0) is 36.8 Å². The SMILES string of the molecule is Cn1c(=O)c2c(ncn2CCCC(=O)OCc2cccc3ccccc23)n(C)c1=O. The molecule has 0 atom stereocenters. The van der Waals surface area contributed by atoms with Crippen LogP contribution in [0, 0.1) is 0 Å². The molecular formula is C22H22N4O4. The van der Waals surface area contributed by atoms with E-state index in [1.165, 1.54) is 17.9 Å². The molecule has 0 unspecified atom stereocenters. The lowest BCUT2D eigenvalue weighted by Crippen LogP contribution is -2.37. The molecule has 0 saturated heterocycles. The zero-order chi connectivity index (χ0) is 21.3. The highest BCUT2D eigenvalue weighted by Gasteiger charge is 2.14. The maximum atomic E-state index is 12.4. The van der Waals surface area contributed by atoms with Gasteiger partial charge >= 0.3 is 11.7 Å². The number of hydrogen-bond acceptors (Lipinski definition) is 5. The van der Waals surface area contributed by atoms with E-state index < -0.39 is 11.2 Å². The van der Waals surface area contributed by atoms with Crippen LogP contribution in [0.15, 0.2) is 58.4 Å². The molecule has 2 aromatic heterocycles. The largest absolute Gasteiger partial charge is 0.461 e. The van der Waals surface area contributed by atoms with Crippen molar-refractivity contribution in [2.75, 3.05) is 0 Å². The third-order valence-electron chi connectivity index (χ3n) is 5.27. The Bertz CT molecular complexity index is 1360. The maximum absolute atomic E-state index is 12.4. The average Bonchev–Trinajstić information content (AvgIpc) is 3.19. The van der Waals surface area contributed by atoms with Crippen LogP contribution in [0.4, 0.5) is 0 Å². The first-order chi connectivity index (χ1) is 14.5. The summed E-state index contributed by atoms with van der Waals surface area (Å²) < 4.78 is 9.51. The van der Waals surface area contributed by atoms with E-state index in [2.05, 4.69) is 4.98 Å². The summed E-state index contributed by atoms with van der Waals surface area (Å²) in [4.78, 5) is 40.8. The molecule has 30 heavy (non-hydrogen) atoms. The summed E-state index contributed by atoms with van der Waals surface area (Å²) in [5.74, 6) is -0.298. The van der Waals surface area contributed by atoms with Gasteiger partial charge in [-0.2, -0.15) is 0 Å². The molecule has 0 aliphatic rings. The number of fused-ring (bicyclic) bond motifs is 2. The van der Waals surface area contributed by atoms with Gasteiger partial charge in [-0.1, -0.05) is 42.5 Å². The van der Waals surface area contributed by atoms with E-state index in [0.29, 0.717) is 24.1 Å². The van der Waals surface area contributed by atoms with Crippen molar-refractivity contribution in [2.45, 2.75) is 26.0 Å². The van der Waals surface area contributed by atoms with Gasteiger partial charge < -0.3 is 9.30 Å². The van der Waals surface area contributed by atoms with Crippen molar-refractivity contribution in [3.63, 3.8) is 0 Å². The molecule has 2 heterocycles. The van der Waals surface area contributed by atoms with E-state index in [9.17, 15) is 14.4 Å². The minimum absolute atomic E-state index is 0.219. The third kappa shape index (κ3) is 3.52. The maximum Gasteiger partial charge on any atom is 0.332 e. The van der Waals surface area contributed by atoms with Crippen LogP contribution in [0.2, 0.25) is 0 Å². The molecule has 8 heteroatoms. The Kier molecular flexibility index (Phi) is 5.22. The molecule has 0 spiro atoms. The van der Waals surface area contributed by atoms with E-state index in [1.807, 2.05) is 42.5 Å². The summed E-state index contributed by atoms with van der Waals surface area (Å²) in [6.45, 7) is 0.643. The van der Waals surface area contributed by atoms with Crippen molar-refractivity contribution in [2.24, 2.45) is 14.1 Å². The first-order valence-electron chi connectivity index (χ1n) is 9.70. The molecule has 2 aromatic carbocycles. The molecule has 0 bridgehead atoms. The number of carbonyl (C=O) groups excluding carboxylic acids is 1. The highest BCUT2D eigenvalue weighted by atomic mass is 16.5. The van der Waals surface area contributed by atoms with Gasteiger partial charge in [0.25, 0.3) is 5.56 Å². The van der Waals surface area contributed by atoms with Gasteiger partial charge in [0.1, 0.15) is 6.61 Å². The standard InChI is InChI=1S/C22H22N4O4/c1-24-20-19(21(28)25(2)22(24)29)26(14-23-20)12-6-11-18(27)30-13-16-9-5-8-15-7-3-4-10-17(15)16/h3-5,7-10,14H,6,11-13H2,1-2H3. The Morgan fingerprint density at radius 2 is 1.80 bits per heavy atom. The van der Waals surface area contributed by atoms with Crippen LogP contribution in [0.3, 0.4) is 0 Å². The van der Waals surface area contributed by atoms with Crippen molar-refractivity contribution < 1.29 is 9.53 Å². The Morgan fingerprint density at radius 1 is 1.03 bits per heavy atom. The first kappa shape index (κ1) is 19.6. The third-order valence-corrected chi connectivity index (χ3v) is 5.27. The summed E-state index contributed by atoms with van der Waals surface area (Å²) >= 11 is 0. The number of carbonyl (C=O) groups is 1. The number of imidazole rings is 1. The fourth-order valence-corrected chi connectivity index (χ4v) is 3.61. The molecule has 0 radical (unpaired) electrons. The van der Waals surface area contributed by atoms with Crippen molar-refractivity contribution in [3.05, 3.63) is 75.2 Å². The molecule has 0 N–H and O–H groups in total. The Hall–Kier alpha value is -3.68. The van der Waals surface area contributed by atoms with E-state index >= 15 is 0 Å². The number of ether oxygens (including phenoxy) is 1. The number of hydrogen-bond donors (Lipinski definition) is 0.